The lowest BCUT2D eigenvalue weighted by Crippen LogP contribution is -2.52. The minimum atomic E-state index is -1.39. The fourth-order valence-corrected chi connectivity index (χ4v) is 4.82. The Hall–Kier alpha value is -2.90. The first-order valence-corrected chi connectivity index (χ1v) is 11.6. The highest BCUT2D eigenvalue weighted by molar-refractivity contribution is 7.18. The Balaban J connectivity index is 1.48. The van der Waals surface area contributed by atoms with Crippen LogP contribution >= 0.6 is 34.5 Å². The van der Waals surface area contributed by atoms with Crippen LogP contribution in [0.3, 0.4) is 0 Å². The highest BCUT2D eigenvalue weighted by Crippen LogP contribution is 2.40. The van der Waals surface area contributed by atoms with Crippen molar-refractivity contribution in [3.63, 3.8) is 0 Å². The maximum Gasteiger partial charge on any atom is 0.514 e. The van der Waals surface area contributed by atoms with Crippen molar-refractivity contribution in [3.8, 4) is 16.5 Å². The number of hydrogen-bond acceptors (Lipinski definition) is 9. The van der Waals surface area contributed by atoms with Crippen LogP contribution in [0.4, 0.5) is 14.3 Å². The van der Waals surface area contributed by atoms with Gasteiger partial charge in [-0.3, -0.25) is 9.48 Å². The molecule has 11 nitrogen and oxygen atoms in total. The average Bonchev–Trinajstić information content (AvgIpc) is 3.49. The molecular formula is C19H20Cl2FN7O4S. The average molecular weight is 532 g/mol. The van der Waals surface area contributed by atoms with Crippen molar-refractivity contribution in [2.45, 2.75) is 25.6 Å². The molecule has 3 aromatic rings. The number of methoxy groups -OCH3 is 1. The van der Waals surface area contributed by atoms with Gasteiger partial charge >= 0.3 is 6.16 Å². The molecule has 0 spiro atoms. The smallest absolute Gasteiger partial charge is 0.437 e. The molecule has 2 atom stereocenters. The topological polar surface area (TPSA) is 127 Å². The second-order valence-corrected chi connectivity index (χ2v) is 9.25. The van der Waals surface area contributed by atoms with E-state index in [9.17, 15) is 9.59 Å². The first kappa shape index (κ1) is 24.2. The van der Waals surface area contributed by atoms with Gasteiger partial charge in [0.15, 0.2) is 5.13 Å². The number of carbonyl (C=O) groups excluding carboxylic acids is 2. The highest BCUT2D eigenvalue weighted by Gasteiger charge is 2.34. The van der Waals surface area contributed by atoms with E-state index >= 15 is 4.39 Å². The third-order valence-electron chi connectivity index (χ3n) is 5.18. The number of aryl methyl sites for hydroxylation is 2. The molecule has 1 aliphatic heterocycles. The zero-order valence-electron chi connectivity index (χ0n) is 18.3. The quantitative estimate of drug-likeness (QED) is 0.479. The number of piperidine rings is 1. The van der Waals surface area contributed by atoms with Gasteiger partial charge in [-0.15, -0.1) is 5.10 Å². The number of aromatic amines is 1. The maximum atomic E-state index is 15.1. The molecule has 0 unspecified atom stereocenters. The van der Waals surface area contributed by atoms with Crippen LogP contribution in [0.25, 0.3) is 11.4 Å². The lowest BCUT2D eigenvalue weighted by molar-refractivity contribution is 0.0894. The van der Waals surface area contributed by atoms with Crippen LogP contribution in [0.2, 0.25) is 10.0 Å². The summed E-state index contributed by atoms with van der Waals surface area (Å²) >= 11 is 13.2. The molecule has 182 valence electrons. The molecule has 3 aromatic heterocycles. The van der Waals surface area contributed by atoms with Gasteiger partial charge in [0.2, 0.25) is 5.06 Å². The van der Waals surface area contributed by atoms with Crippen molar-refractivity contribution < 1.29 is 23.5 Å². The standard InChI is InChI=1S/C19H20Cl2FN7O4S/c1-8-12(20)13(21)15(23-8)16(30)24-10-4-5-29(6-9(10)22)18-25-14(11-7-28(2)27-26-11)17(34-18)33-19(31)32-3/h7,9-10,23H,4-6H2,1-3H3,(H,24,30)/t9-,10+/m0/s1. The van der Waals surface area contributed by atoms with E-state index in [2.05, 4.69) is 30.3 Å². The van der Waals surface area contributed by atoms with Gasteiger partial charge in [-0.2, -0.15) is 0 Å². The zero-order valence-corrected chi connectivity index (χ0v) is 20.6. The van der Waals surface area contributed by atoms with E-state index < -0.39 is 24.3 Å². The number of anilines is 1. The van der Waals surface area contributed by atoms with E-state index in [-0.39, 0.29) is 33.0 Å². The number of halogens is 3. The van der Waals surface area contributed by atoms with E-state index in [4.69, 9.17) is 27.9 Å². The molecule has 0 radical (unpaired) electrons. The first-order chi connectivity index (χ1) is 16.2. The molecule has 0 saturated carbocycles. The Kier molecular flexibility index (Phi) is 6.96. The summed E-state index contributed by atoms with van der Waals surface area (Å²) in [6.07, 6.45) is -0.381. The Morgan fingerprint density at radius 3 is 2.71 bits per heavy atom. The Morgan fingerprint density at radius 2 is 2.12 bits per heavy atom. The van der Waals surface area contributed by atoms with E-state index in [1.54, 1.807) is 25.1 Å². The summed E-state index contributed by atoms with van der Waals surface area (Å²) in [6, 6.07) is -0.729. The summed E-state index contributed by atoms with van der Waals surface area (Å²) in [5.41, 5.74) is 1.32. The molecule has 2 N–H and O–H groups in total. The van der Waals surface area contributed by atoms with Crippen LogP contribution in [-0.4, -0.2) is 69.4 Å². The van der Waals surface area contributed by atoms with Gasteiger partial charge < -0.3 is 24.7 Å². The third-order valence-corrected chi connectivity index (χ3v) is 7.12. The lowest BCUT2D eigenvalue weighted by atomic mass is 10.0. The molecule has 1 amide bonds. The molecule has 34 heavy (non-hydrogen) atoms. The number of alkyl halides is 1. The molecule has 1 saturated heterocycles. The summed E-state index contributed by atoms with van der Waals surface area (Å²) in [5.74, 6) is -0.533. The Labute approximate surface area is 207 Å². The van der Waals surface area contributed by atoms with Gasteiger partial charge in [-0.05, 0) is 13.3 Å². The highest BCUT2D eigenvalue weighted by atomic mass is 35.5. The summed E-state index contributed by atoms with van der Waals surface area (Å²) < 4.78 is 26.3. The number of rotatable bonds is 5. The second kappa shape index (κ2) is 9.76. The van der Waals surface area contributed by atoms with Crippen LogP contribution in [0.5, 0.6) is 5.06 Å². The number of amides is 1. The Bertz CT molecular complexity index is 1230. The number of H-pyrrole nitrogens is 1. The zero-order chi connectivity index (χ0) is 24.6. The molecule has 0 bridgehead atoms. The van der Waals surface area contributed by atoms with Crippen LogP contribution in [-0.2, 0) is 11.8 Å². The van der Waals surface area contributed by atoms with Crippen molar-refractivity contribution in [2.24, 2.45) is 7.05 Å². The van der Waals surface area contributed by atoms with Gasteiger partial charge in [0.25, 0.3) is 5.91 Å². The van der Waals surface area contributed by atoms with Gasteiger partial charge in [0, 0.05) is 19.3 Å². The van der Waals surface area contributed by atoms with Crippen LogP contribution in [0.15, 0.2) is 6.20 Å². The fourth-order valence-electron chi connectivity index (χ4n) is 3.44. The predicted octanol–water partition coefficient (Wildman–Crippen LogP) is 3.37. The number of thiazole rings is 1. The molecule has 0 aliphatic carbocycles. The summed E-state index contributed by atoms with van der Waals surface area (Å²) in [6.45, 7) is 2.05. The number of nitrogens with one attached hydrogen (secondary N) is 2. The minimum Gasteiger partial charge on any atom is -0.437 e. The van der Waals surface area contributed by atoms with E-state index in [0.29, 0.717) is 29.5 Å². The molecule has 0 aromatic carbocycles. The molecule has 1 fully saturated rings. The van der Waals surface area contributed by atoms with Crippen molar-refractivity contribution in [1.29, 1.82) is 0 Å². The van der Waals surface area contributed by atoms with Crippen molar-refractivity contribution >= 4 is 51.7 Å². The van der Waals surface area contributed by atoms with Crippen LogP contribution < -0.4 is 15.0 Å². The normalized spacial score (nSPS) is 18.1. The van der Waals surface area contributed by atoms with Crippen molar-refractivity contribution in [1.82, 2.24) is 30.3 Å². The summed E-state index contributed by atoms with van der Waals surface area (Å²) in [4.78, 5) is 33.3. The monoisotopic (exact) mass is 531 g/mol. The number of aromatic nitrogens is 5. The number of carbonyl (C=O) groups is 2. The molecule has 4 heterocycles. The van der Waals surface area contributed by atoms with Crippen LogP contribution in [0.1, 0.15) is 22.6 Å². The molecule has 15 heteroatoms. The van der Waals surface area contributed by atoms with Gasteiger partial charge in [0.05, 0.1) is 35.9 Å². The molecule has 1 aliphatic rings. The number of hydrogen-bond donors (Lipinski definition) is 2. The van der Waals surface area contributed by atoms with E-state index in [0.717, 1.165) is 11.3 Å². The van der Waals surface area contributed by atoms with Crippen molar-refractivity contribution in [2.75, 3.05) is 25.1 Å². The molecule has 4 rings (SSSR count). The second-order valence-electron chi connectivity index (χ2n) is 7.55. The SMILES string of the molecule is COC(=O)Oc1sc(N2CC[C@@H](NC(=O)c3[nH]c(C)c(Cl)c3Cl)[C@@H](F)C2)nc1-c1cn(C)nn1. The minimum absolute atomic E-state index is 0.0335. The van der Waals surface area contributed by atoms with Gasteiger partial charge in [-0.25, -0.2) is 14.2 Å². The maximum absolute atomic E-state index is 15.1. The summed E-state index contributed by atoms with van der Waals surface area (Å²) in [5, 5.41) is 11.5. The van der Waals surface area contributed by atoms with E-state index in [1.165, 1.54) is 11.8 Å². The first-order valence-electron chi connectivity index (χ1n) is 10.0. The Morgan fingerprint density at radius 1 is 1.35 bits per heavy atom. The number of nitrogens with zero attached hydrogens (tertiary/aromatic N) is 5. The van der Waals surface area contributed by atoms with Crippen molar-refractivity contribution in [3.05, 3.63) is 27.6 Å². The van der Waals surface area contributed by atoms with E-state index in [1.807, 2.05) is 0 Å². The third kappa shape index (κ3) is 4.81. The fraction of sp³-hybridized carbons (Fsp3) is 0.421. The molecular weight excluding hydrogens is 512 g/mol. The largest absolute Gasteiger partial charge is 0.514 e. The number of ether oxygens (including phenoxy) is 2. The lowest BCUT2D eigenvalue weighted by Gasteiger charge is -2.34. The van der Waals surface area contributed by atoms with Gasteiger partial charge in [0.1, 0.15) is 23.3 Å². The van der Waals surface area contributed by atoms with Gasteiger partial charge in [-0.1, -0.05) is 39.8 Å². The predicted molar refractivity (Wildman–Crippen MR) is 124 cm³/mol. The summed E-state index contributed by atoms with van der Waals surface area (Å²) in [7, 11) is 2.88. The van der Waals surface area contributed by atoms with Crippen LogP contribution in [0, 0.1) is 6.92 Å².